The number of aliphatic imine (C=N–C) groups is 1. The molecule has 1 aromatic carbocycles. The molecule has 0 unspecified atom stereocenters. The number of anilines is 1. The SMILES string of the molecule is CN=C(NCCCN1C(=O)COc2ccccc21)N1CCC(C)CC1.I. The van der Waals surface area contributed by atoms with Gasteiger partial charge in [0, 0.05) is 33.2 Å². The first-order valence-electron chi connectivity index (χ1n) is 9.17. The van der Waals surface area contributed by atoms with Crippen LogP contribution in [0.5, 0.6) is 5.75 Å². The normalized spacial score (nSPS) is 18.1. The van der Waals surface area contributed by atoms with Gasteiger partial charge in [-0.3, -0.25) is 9.79 Å². The Labute approximate surface area is 173 Å². The first-order valence-corrected chi connectivity index (χ1v) is 9.17. The number of nitrogens with zero attached hydrogens (tertiary/aromatic N) is 3. The molecule has 1 N–H and O–H groups in total. The molecule has 2 aliphatic rings. The maximum absolute atomic E-state index is 12.2. The average molecular weight is 472 g/mol. The summed E-state index contributed by atoms with van der Waals surface area (Å²) in [6.45, 7) is 6.04. The Morgan fingerprint density at radius 3 is 2.77 bits per heavy atom. The number of amides is 1. The van der Waals surface area contributed by atoms with Gasteiger partial charge in [0.25, 0.3) is 5.91 Å². The Morgan fingerprint density at radius 2 is 2.04 bits per heavy atom. The van der Waals surface area contributed by atoms with Crippen molar-refractivity contribution in [2.45, 2.75) is 26.2 Å². The molecule has 0 radical (unpaired) electrons. The van der Waals surface area contributed by atoms with Crippen LogP contribution in [-0.2, 0) is 4.79 Å². The zero-order valence-electron chi connectivity index (χ0n) is 15.6. The lowest BCUT2D eigenvalue weighted by atomic mass is 10.00. The van der Waals surface area contributed by atoms with E-state index in [0.717, 1.165) is 49.4 Å². The molecule has 3 rings (SSSR count). The molecular formula is C19H29IN4O2. The quantitative estimate of drug-likeness (QED) is 0.317. The summed E-state index contributed by atoms with van der Waals surface area (Å²) in [5.74, 6) is 2.59. The number of nitrogens with one attached hydrogen (secondary N) is 1. The Balaban J connectivity index is 0.00000243. The minimum absolute atomic E-state index is 0. The fourth-order valence-electron chi connectivity index (χ4n) is 3.39. The monoisotopic (exact) mass is 472 g/mol. The second-order valence-corrected chi connectivity index (χ2v) is 6.80. The summed E-state index contributed by atoms with van der Waals surface area (Å²) in [5, 5.41) is 3.44. The molecule has 6 nitrogen and oxygen atoms in total. The van der Waals surface area contributed by atoms with Gasteiger partial charge in [-0.1, -0.05) is 19.1 Å². The van der Waals surface area contributed by atoms with Crippen LogP contribution in [0.3, 0.4) is 0 Å². The molecule has 0 bridgehead atoms. The number of piperidine rings is 1. The number of carbonyl (C=O) groups excluding carboxylic acids is 1. The first kappa shape index (κ1) is 20.8. The Morgan fingerprint density at radius 1 is 1.31 bits per heavy atom. The number of rotatable bonds is 4. The number of guanidine groups is 1. The fraction of sp³-hybridized carbons (Fsp3) is 0.579. The van der Waals surface area contributed by atoms with Crippen LogP contribution in [-0.4, -0.2) is 56.6 Å². The van der Waals surface area contributed by atoms with Gasteiger partial charge in [0.15, 0.2) is 12.6 Å². The van der Waals surface area contributed by atoms with E-state index < -0.39 is 0 Å². The fourth-order valence-corrected chi connectivity index (χ4v) is 3.39. The third-order valence-electron chi connectivity index (χ3n) is 4.94. The minimum Gasteiger partial charge on any atom is -0.482 e. The van der Waals surface area contributed by atoms with Crippen LogP contribution >= 0.6 is 24.0 Å². The lowest BCUT2D eigenvalue weighted by Crippen LogP contribution is -2.46. The highest BCUT2D eigenvalue weighted by Gasteiger charge is 2.24. The lowest BCUT2D eigenvalue weighted by molar-refractivity contribution is -0.121. The molecule has 1 aromatic rings. The van der Waals surface area contributed by atoms with Gasteiger partial charge in [0.1, 0.15) is 5.75 Å². The third kappa shape index (κ3) is 5.02. The molecular weight excluding hydrogens is 443 g/mol. The lowest BCUT2D eigenvalue weighted by Gasteiger charge is -2.33. The summed E-state index contributed by atoms with van der Waals surface area (Å²) in [5.41, 5.74) is 0.869. The number of hydrogen-bond donors (Lipinski definition) is 1. The van der Waals surface area contributed by atoms with Crippen LogP contribution in [0.15, 0.2) is 29.3 Å². The maximum atomic E-state index is 12.2. The number of fused-ring (bicyclic) bond motifs is 1. The highest BCUT2D eigenvalue weighted by molar-refractivity contribution is 14.0. The zero-order valence-corrected chi connectivity index (χ0v) is 17.9. The molecule has 1 amide bonds. The summed E-state index contributed by atoms with van der Waals surface area (Å²) in [6, 6.07) is 7.71. The van der Waals surface area contributed by atoms with E-state index in [9.17, 15) is 4.79 Å². The molecule has 0 saturated carbocycles. The predicted octanol–water partition coefficient (Wildman–Crippen LogP) is 2.73. The van der Waals surface area contributed by atoms with E-state index in [1.807, 2.05) is 36.2 Å². The molecule has 0 aromatic heterocycles. The summed E-state index contributed by atoms with van der Waals surface area (Å²) in [4.78, 5) is 20.7. The summed E-state index contributed by atoms with van der Waals surface area (Å²) >= 11 is 0. The van der Waals surface area contributed by atoms with Gasteiger partial charge >= 0.3 is 0 Å². The van der Waals surface area contributed by atoms with Gasteiger partial charge in [-0.25, -0.2) is 0 Å². The van der Waals surface area contributed by atoms with Crippen molar-refractivity contribution in [1.82, 2.24) is 10.2 Å². The molecule has 144 valence electrons. The van der Waals surface area contributed by atoms with Crippen molar-refractivity contribution in [3.05, 3.63) is 24.3 Å². The molecule has 0 atom stereocenters. The Kier molecular flexibility index (Phi) is 7.99. The van der Waals surface area contributed by atoms with E-state index in [1.54, 1.807) is 0 Å². The van der Waals surface area contributed by atoms with E-state index in [0.29, 0.717) is 6.54 Å². The van der Waals surface area contributed by atoms with Gasteiger partial charge < -0.3 is 19.9 Å². The molecule has 7 heteroatoms. The smallest absolute Gasteiger partial charge is 0.265 e. The minimum atomic E-state index is 0. The van der Waals surface area contributed by atoms with Crippen LogP contribution < -0.4 is 15.0 Å². The largest absolute Gasteiger partial charge is 0.482 e. The van der Waals surface area contributed by atoms with Crippen molar-refractivity contribution in [1.29, 1.82) is 0 Å². The van der Waals surface area contributed by atoms with Gasteiger partial charge in [-0.05, 0) is 37.3 Å². The number of hydrogen-bond acceptors (Lipinski definition) is 3. The molecule has 0 aliphatic carbocycles. The molecule has 1 saturated heterocycles. The average Bonchev–Trinajstić information content (AvgIpc) is 2.64. The molecule has 0 spiro atoms. The summed E-state index contributed by atoms with van der Waals surface area (Å²) < 4.78 is 5.48. The number of ether oxygens (including phenoxy) is 1. The van der Waals surface area contributed by atoms with Crippen molar-refractivity contribution >= 4 is 41.5 Å². The number of para-hydroxylation sites is 2. The van der Waals surface area contributed by atoms with Gasteiger partial charge in [0.05, 0.1) is 5.69 Å². The highest BCUT2D eigenvalue weighted by Crippen LogP contribution is 2.31. The van der Waals surface area contributed by atoms with Crippen molar-refractivity contribution in [2.75, 3.05) is 44.7 Å². The Bertz CT molecular complexity index is 630. The molecule has 2 aliphatic heterocycles. The standard InChI is InChI=1S/C19H28N4O2.HI/c1-15-8-12-22(13-9-15)19(20-2)21-10-5-11-23-16-6-3-4-7-17(16)25-14-18(23)24;/h3-4,6-7,15H,5,8-14H2,1-2H3,(H,20,21);1H. The number of likely N-dealkylation sites (tertiary alicyclic amines) is 1. The van der Waals surface area contributed by atoms with E-state index in [2.05, 4.69) is 22.1 Å². The van der Waals surface area contributed by atoms with E-state index in [1.165, 1.54) is 12.8 Å². The van der Waals surface area contributed by atoms with E-state index in [4.69, 9.17) is 4.74 Å². The van der Waals surface area contributed by atoms with Crippen LogP contribution in [0.1, 0.15) is 26.2 Å². The van der Waals surface area contributed by atoms with E-state index >= 15 is 0 Å². The predicted molar refractivity (Wildman–Crippen MR) is 116 cm³/mol. The molecule has 26 heavy (non-hydrogen) atoms. The second-order valence-electron chi connectivity index (χ2n) is 6.80. The topological polar surface area (TPSA) is 57.2 Å². The summed E-state index contributed by atoms with van der Waals surface area (Å²) in [6.07, 6.45) is 3.31. The van der Waals surface area contributed by atoms with Crippen molar-refractivity contribution in [3.8, 4) is 5.75 Å². The second kappa shape index (κ2) is 9.99. The van der Waals surface area contributed by atoms with Gasteiger partial charge in [-0.15, -0.1) is 24.0 Å². The number of benzene rings is 1. The van der Waals surface area contributed by atoms with Crippen LogP contribution in [0, 0.1) is 5.92 Å². The maximum Gasteiger partial charge on any atom is 0.265 e. The third-order valence-corrected chi connectivity index (χ3v) is 4.94. The van der Waals surface area contributed by atoms with Crippen LogP contribution in [0.4, 0.5) is 5.69 Å². The van der Waals surface area contributed by atoms with E-state index in [-0.39, 0.29) is 36.5 Å². The van der Waals surface area contributed by atoms with Gasteiger partial charge in [0.2, 0.25) is 0 Å². The van der Waals surface area contributed by atoms with Crippen molar-refractivity contribution in [2.24, 2.45) is 10.9 Å². The number of halogens is 1. The van der Waals surface area contributed by atoms with Crippen LogP contribution in [0.2, 0.25) is 0 Å². The highest BCUT2D eigenvalue weighted by atomic mass is 127. The molecule has 2 heterocycles. The summed E-state index contributed by atoms with van der Waals surface area (Å²) in [7, 11) is 1.84. The number of carbonyl (C=O) groups is 1. The first-order chi connectivity index (χ1) is 12.2. The van der Waals surface area contributed by atoms with Crippen LogP contribution in [0.25, 0.3) is 0 Å². The molecule has 1 fully saturated rings. The zero-order chi connectivity index (χ0) is 17.6. The van der Waals surface area contributed by atoms with Crippen molar-refractivity contribution < 1.29 is 9.53 Å². The van der Waals surface area contributed by atoms with Gasteiger partial charge in [-0.2, -0.15) is 0 Å². The van der Waals surface area contributed by atoms with Crippen molar-refractivity contribution in [3.63, 3.8) is 0 Å². The Hall–Kier alpha value is -1.51.